The maximum atomic E-state index is 10.3. The number of hydrogen-bond acceptors (Lipinski definition) is 4. The smallest absolute Gasteiger partial charge is 0.191 e. The Kier molecular flexibility index (Phi) is 10.9. The predicted molar refractivity (Wildman–Crippen MR) is 126 cm³/mol. The van der Waals surface area contributed by atoms with Crippen LogP contribution in [-0.2, 0) is 6.42 Å². The molecule has 9 heteroatoms. The number of rotatable bonds is 7. The lowest BCUT2D eigenvalue weighted by Gasteiger charge is -2.13. The van der Waals surface area contributed by atoms with Crippen LogP contribution in [0.5, 0.6) is 0 Å². The van der Waals surface area contributed by atoms with E-state index in [1.807, 2.05) is 20.8 Å². The highest BCUT2D eigenvalue weighted by molar-refractivity contribution is 14.0. The fourth-order valence-corrected chi connectivity index (χ4v) is 3.97. The summed E-state index contributed by atoms with van der Waals surface area (Å²) < 4.78 is 0. The molecular weight excluding hydrogens is 518 g/mol. The van der Waals surface area contributed by atoms with Gasteiger partial charge in [-0.25, -0.2) is 4.98 Å². The van der Waals surface area contributed by atoms with E-state index in [9.17, 15) is 5.11 Å². The number of aliphatic hydroxyl groups excluding tert-OH is 1. The minimum absolute atomic E-state index is 0. The Balaban J connectivity index is 0.00000364. The number of halogens is 3. The van der Waals surface area contributed by atoms with Crippen LogP contribution in [0.15, 0.2) is 23.2 Å². The van der Waals surface area contributed by atoms with Crippen molar-refractivity contribution >= 4 is 64.5 Å². The molecular formula is C18H25Cl2IN4OS. The molecule has 2 rings (SSSR count). The topological polar surface area (TPSA) is 69.5 Å². The van der Waals surface area contributed by atoms with Crippen LogP contribution >= 0.6 is 58.5 Å². The molecule has 3 N–H and O–H groups in total. The maximum absolute atomic E-state index is 10.3. The molecule has 2 aromatic rings. The molecule has 5 nitrogen and oxygen atoms in total. The van der Waals surface area contributed by atoms with Gasteiger partial charge in [0, 0.05) is 34.4 Å². The zero-order chi connectivity index (χ0) is 19.1. The number of nitrogens with zero attached hydrogens (tertiary/aromatic N) is 2. The summed E-state index contributed by atoms with van der Waals surface area (Å²) >= 11 is 13.7. The summed E-state index contributed by atoms with van der Waals surface area (Å²) in [6, 6.07) is 5.03. The number of thiazole rings is 1. The SMILES string of the molecule is CCNC(=NCC(O)c1cc(Cl)cc(Cl)c1)NCCc1sc(C)nc1C.I. The summed E-state index contributed by atoms with van der Waals surface area (Å²) in [5.41, 5.74) is 1.74. The van der Waals surface area contributed by atoms with Crippen molar-refractivity contribution in [2.75, 3.05) is 19.6 Å². The average Bonchev–Trinajstić information content (AvgIpc) is 2.89. The molecule has 0 bridgehead atoms. The van der Waals surface area contributed by atoms with Crippen LogP contribution in [0.4, 0.5) is 0 Å². The lowest BCUT2D eigenvalue weighted by molar-refractivity contribution is 0.187. The first-order chi connectivity index (χ1) is 12.4. The second-order valence-electron chi connectivity index (χ2n) is 5.86. The van der Waals surface area contributed by atoms with Crippen LogP contribution < -0.4 is 10.6 Å². The highest BCUT2D eigenvalue weighted by atomic mass is 127. The summed E-state index contributed by atoms with van der Waals surface area (Å²) in [6.07, 6.45) is 0.113. The molecule has 1 heterocycles. The summed E-state index contributed by atoms with van der Waals surface area (Å²) in [4.78, 5) is 10.2. The van der Waals surface area contributed by atoms with Crippen LogP contribution in [0.1, 0.15) is 34.2 Å². The second kappa shape index (κ2) is 12.1. The third-order valence-corrected chi connectivity index (χ3v) is 5.25. The molecule has 0 radical (unpaired) electrons. The zero-order valence-corrected chi connectivity index (χ0v) is 20.2. The van der Waals surface area contributed by atoms with Crippen LogP contribution in [0.25, 0.3) is 0 Å². The third kappa shape index (κ3) is 8.11. The molecule has 0 aliphatic carbocycles. The standard InChI is InChI=1S/C18H24Cl2N4OS.HI/c1-4-21-18(22-6-5-17-11(2)24-12(3)26-17)23-10-16(25)13-7-14(19)9-15(20)8-13;/h7-9,16,25H,4-6,10H2,1-3H3,(H2,21,22,23);1H. The monoisotopic (exact) mass is 542 g/mol. The van der Waals surface area contributed by atoms with Crippen molar-refractivity contribution in [3.8, 4) is 0 Å². The molecule has 1 aromatic heterocycles. The molecule has 0 saturated carbocycles. The molecule has 150 valence electrons. The number of hydrogen-bond donors (Lipinski definition) is 3. The number of aryl methyl sites for hydroxylation is 2. The van der Waals surface area contributed by atoms with Crippen LogP contribution in [0, 0.1) is 13.8 Å². The van der Waals surface area contributed by atoms with Gasteiger partial charge in [-0.3, -0.25) is 4.99 Å². The summed E-state index contributed by atoms with van der Waals surface area (Å²) in [5, 5.41) is 18.9. The molecule has 27 heavy (non-hydrogen) atoms. The molecule has 1 unspecified atom stereocenters. The van der Waals surface area contributed by atoms with Gasteiger partial charge in [0.25, 0.3) is 0 Å². The summed E-state index contributed by atoms with van der Waals surface area (Å²) in [6.45, 7) is 7.75. The summed E-state index contributed by atoms with van der Waals surface area (Å²) in [5.74, 6) is 0.665. The molecule has 0 aliphatic heterocycles. The largest absolute Gasteiger partial charge is 0.386 e. The fourth-order valence-electron chi connectivity index (χ4n) is 2.49. The Hall–Kier alpha value is -0.610. The summed E-state index contributed by atoms with van der Waals surface area (Å²) in [7, 11) is 0. The van der Waals surface area contributed by atoms with E-state index in [-0.39, 0.29) is 30.5 Å². The minimum Gasteiger partial charge on any atom is -0.386 e. The van der Waals surface area contributed by atoms with E-state index >= 15 is 0 Å². The number of benzene rings is 1. The van der Waals surface area contributed by atoms with E-state index in [1.165, 1.54) is 4.88 Å². The molecule has 0 fully saturated rings. The Morgan fingerprint density at radius 2 is 1.89 bits per heavy atom. The van der Waals surface area contributed by atoms with E-state index in [4.69, 9.17) is 23.2 Å². The van der Waals surface area contributed by atoms with E-state index in [2.05, 4.69) is 20.6 Å². The van der Waals surface area contributed by atoms with Crippen molar-refractivity contribution < 1.29 is 5.11 Å². The van der Waals surface area contributed by atoms with E-state index in [0.29, 0.717) is 21.6 Å². The van der Waals surface area contributed by atoms with Gasteiger partial charge in [0.2, 0.25) is 0 Å². The van der Waals surface area contributed by atoms with Gasteiger partial charge in [-0.2, -0.15) is 0 Å². The second-order valence-corrected chi connectivity index (χ2v) is 8.02. The quantitative estimate of drug-likeness (QED) is 0.273. The highest BCUT2D eigenvalue weighted by Gasteiger charge is 2.10. The Bertz CT molecular complexity index is 750. The van der Waals surface area contributed by atoms with Gasteiger partial charge in [-0.1, -0.05) is 23.2 Å². The van der Waals surface area contributed by atoms with Gasteiger partial charge in [0.1, 0.15) is 0 Å². The lowest BCUT2D eigenvalue weighted by atomic mass is 10.1. The van der Waals surface area contributed by atoms with Crippen molar-refractivity contribution in [3.63, 3.8) is 0 Å². The van der Waals surface area contributed by atoms with Gasteiger partial charge in [0.05, 0.1) is 23.4 Å². The number of aliphatic hydroxyl groups is 1. The Morgan fingerprint density at radius 3 is 2.44 bits per heavy atom. The van der Waals surface area contributed by atoms with Gasteiger partial charge in [-0.15, -0.1) is 35.3 Å². The number of aromatic nitrogens is 1. The normalized spacial score (nSPS) is 12.4. The van der Waals surface area contributed by atoms with Crippen LogP contribution in [0.3, 0.4) is 0 Å². The highest BCUT2D eigenvalue weighted by Crippen LogP contribution is 2.23. The minimum atomic E-state index is -0.770. The Labute approximate surface area is 191 Å². The number of aliphatic imine (C=N–C) groups is 1. The molecule has 1 aromatic carbocycles. The predicted octanol–water partition coefficient (Wildman–Crippen LogP) is 4.52. The first-order valence-electron chi connectivity index (χ1n) is 8.48. The van der Waals surface area contributed by atoms with E-state index in [0.717, 1.165) is 30.2 Å². The van der Waals surface area contributed by atoms with E-state index in [1.54, 1.807) is 29.5 Å². The molecule has 0 amide bonds. The van der Waals surface area contributed by atoms with Gasteiger partial charge in [0.15, 0.2) is 5.96 Å². The molecule has 0 saturated heterocycles. The van der Waals surface area contributed by atoms with Gasteiger partial charge < -0.3 is 15.7 Å². The average molecular weight is 543 g/mol. The van der Waals surface area contributed by atoms with Crippen molar-refractivity contribution in [2.45, 2.75) is 33.3 Å². The fraction of sp³-hybridized carbons (Fsp3) is 0.444. The molecule has 0 spiro atoms. The van der Waals surface area contributed by atoms with Gasteiger partial charge >= 0.3 is 0 Å². The van der Waals surface area contributed by atoms with Crippen LogP contribution in [-0.4, -0.2) is 35.7 Å². The third-order valence-electron chi connectivity index (χ3n) is 3.68. The van der Waals surface area contributed by atoms with Gasteiger partial charge in [-0.05, 0) is 44.5 Å². The van der Waals surface area contributed by atoms with Crippen LogP contribution in [0.2, 0.25) is 10.0 Å². The zero-order valence-electron chi connectivity index (χ0n) is 15.6. The van der Waals surface area contributed by atoms with Crippen molar-refractivity contribution in [2.24, 2.45) is 4.99 Å². The Morgan fingerprint density at radius 1 is 1.22 bits per heavy atom. The van der Waals surface area contributed by atoms with Crippen molar-refractivity contribution in [1.29, 1.82) is 0 Å². The molecule has 0 aliphatic rings. The maximum Gasteiger partial charge on any atom is 0.191 e. The number of guanidine groups is 1. The van der Waals surface area contributed by atoms with Crippen molar-refractivity contribution in [3.05, 3.63) is 49.4 Å². The van der Waals surface area contributed by atoms with Crippen molar-refractivity contribution in [1.82, 2.24) is 15.6 Å². The number of nitrogens with one attached hydrogen (secondary N) is 2. The van der Waals surface area contributed by atoms with E-state index < -0.39 is 6.10 Å². The molecule has 1 atom stereocenters. The first kappa shape index (κ1) is 24.4. The first-order valence-corrected chi connectivity index (χ1v) is 10.1. The lowest BCUT2D eigenvalue weighted by Crippen LogP contribution is -2.38.